The third kappa shape index (κ3) is 3.52. The third-order valence-electron chi connectivity index (χ3n) is 3.75. The molecule has 0 aliphatic heterocycles. The molecule has 2 aromatic rings. The van der Waals surface area contributed by atoms with Crippen molar-refractivity contribution in [2.45, 2.75) is 31.7 Å². The molecule has 0 aliphatic rings. The van der Waals surface area contributed by atoms with Crippen LogP contribution in [0.1, 0.15) is 31.7 Å². The van der Waals surface area contributed by atoms with Gasteiger partial charge in [0.1, 0.15) is 5.75 Å². The second-order valence-corrected chi connectivity index (χ2v) is 5.94. The number of carboxylic acids is 1. The molecule has 4 nitrogen and oxygen atoms in total. The first-order chi connectivity index (χ1) is 9.81. The highest BCUT2D eigenvalue weighted by Gasteiger charge is 2.29. The number of hydrogen-bond acceptors (Lipinski definition) is 3. The van der Waals surface area contributed by atoms with E-state index in [0.717, 1.165) is 22.1 Å². The molecule has 112 valence electrons. The van der Waals surface area contributed by atoms with Gasteiger partial charge in [0.15, 0.2) is 0 Å². The molecule has 0 aliphatic carbocycles. The molecule has 0 saturated heterocycles. The van der Waals surface area contributed by atoms with E-state index in [1.54, 1.807) is 7.11 Å². The molecule has 0 aromatic heterocycles. The fourth-order valence-electron chi connectivity index (χ4n) is 2.57. The van der Waals surface area contributed by atoms with Crippen molar-refractivity contribution in [1.82, 2.24) is 0 Å². The number of hydrogen-bond donors (Lipinski definition) is 2. The van der Waals surface area contributed by atoms with Crippen molar-refractivity contribution in [3.05, 3.63) is 42.0 Å². The second-order valence-electron chi connectivity index (χ2n) is 5.94. The average molecular weight is 287 g/mol. The number of carbonyl (C=O) groups is 1. The first kappa shape index (κ1) is 15.3. The number of aliphatic carboxylic acids is 1. The zero-order valence-electron chi connectivity index (χ0n) is 12.6. The van der Waals surface area contributed by atoms with Crippen LogP contribution in [0.15, 0.2) is 36.4 Å². The van der Waals surface area contributed by atoms with Crippen molar-refractivity contribution >= 4 is 16.7 Å². The molecule has 0 amide bonds. The fraction of sp³-hybridized carbons (Fsp3) is 0.353. The van der Waals surface area contributed by atoms with E-state index >= 15 is 0 Å². The summed E-state index contributed by atoms with van der Waals surface area (Å²) in [6.07, 6.45) is 0.0190. The maximum atomic E-state index is 11.1. The van der Waals surface area contributed by atoms with E-state index in [9.17, 15) is 4.79 Å². The van der Waals surface area contributed by atoms with Gasteiger partial charge in [0.2, 0.25) is 0 Å². The molecule has 0 spiro atoms. The number of benzene rings is 2. The Morgan fingerprint density at radius 2 is 1.86 bits per heavy atom. The summed E-state index contributed by atoms with van der Waals surface area (Å²) in [5.74, 6) is -0.272. The quantitative estimate of drug-likeness (QED) is 0.886. The number of ether oxygens (including phenoxy) is 1. The normalized spacial score (nSPS) is 13.1. The van der Waals surface area contributed by atoms with Crippen LogP contribution >= 0.6 is 0 Å². The van der Waals surface area contributed by atoms with E-state index in [4.69, 9.17) is 15.6 Å². The largest absolute Gasteiger partial charge is 0.497 e. The van der Waals surface area contributed by atoms with Crippen molar-refractivity contribution in [2.75, 3.05) is 7.11 Å². The summed E-state index contributed by atoms with van der Waals surface area (Å²) in [5, 5.41) is 11.2. The minimum absolute atomic E-state index is 0.0190. The minimum Gasteiger partial charge on any atom is -0.497 e. The van der Waals surface area contributed by atoms with E-state index in [1.165, 1.54) is 0 Å². The third-order valence-corrected chi connectivity index (χ3v) is 3.75. The fourth-order valence-corrected chi connectivity index (χ4v) is 2.57. The van der Waals surface area contributed by atoms with Crippen molar-refractivity contribution in [3.8, 4) is 5.75 Å². The SMILES string of the molecule is COc1ccc2cc(C(CC(=O)O)C(C)(C)N)ccc2c1. The van der Waals surface area contributed by atoms with Crippen molar-refractivity contribution < 1.29 is 14.6 Å². The lowest BCUT2D eigenvalue weighted by molar-refractivity contribution is -0.137. The number of fused-ring (bicyclic) bond motifs is 1. The Hall–Kier alpha value is -2.07. The molecule has 4 heteroatoms. The van der Waals surface area contributed by atoms with Gasteiger partial charge in [-0.15, -0.1) is 0 Å². The lowest BCUT2D eigenvalue weighted by atomic mass is 9.80. The highest BCUT2D eigenvalue weighted by Crippen LogP contribution is 2.32. The molecule has 0 radical (unpaired) electrons. The van der Waals surface area contributed by atoms with Crippen LogP contribution in [-0.4, -0.2) is 23.7 Å². The molecular formula is C17H21NO3. The van der Waals surface area contributed by atoms with Gasteiger partial charge >= 0.3 is 5.97 Å². The predicted molar refractivity (Wildman–Crippen MR) is 83.8 cm³/mol. The molecule has 2 aromatic carbocycles. The predicted octanol–water partition coefficient (Wildman–Crippen LogP) is 3.14. The highest BCUT2D eigenvalue weighted by molar-refractivity contribution is 5.85. The Morgan fingerprint density at radius 1 is 1.24 bits per heavy atom. The molecular weight excluding hydrogens is 266 g/mol. The molecule has 0 heterocycles. The number of rotatable bonds is 5. The zero-order valence-corrected chi connectivity index (χ0v) is 12.6. The summed E-state index contributed by atoms with van der Waals surface area (Å²) < 4.78 is 5.21. The summed E-state index contributed by atoms with van der Waals surface area (Å²) in [6.45, 7) is 3.72. The van der Waals surface area contributed by atoms with Gasteiger partial charge in [0, 0.05) is 11.5 Å². The van der Waals surface area contributed by atoms with Gasteiger partial charge in [0.25, 0.3) is 0 Å². The van der Waals surface area contributed by atoms with E-state index in [0.29, 0.717) is 0 Å². The lowest BCUT2D eigenvalue weighted by Gasteiger charge is -2.30. The van der Waals surface area contributed by atoms with Crippen LogP contribution in [0.5, 0.6) is 5.75 Å². The van der Waals surface area contributed by atoms with E-state index in [-0.39, 0.29) is 12.3 Å². The van der Waals surface area contributed by atoms with Gasteiger partial charge in [-0.2, -0.15) is 0 Å². The topological polar surface area (TPSA) is 72.5 Å². The summed E-state index contributed by atoms with van der Waals surface area (Å²) >= 11 is 0. The van der Waals surface area contributed by atoms with E-state index < -0.39 is 11.5 Å². The summed E-state index contributed by atoms with van der Waals surface area (Å²) in [6, 6.07) is 11.8. The Kier molecular flexibility index (Phi) is 4.19. The van der Waals surface area contributed by atoms with E-state index in [1.807, 2.05) is 50.2 Å². The van der Waals surface area contributed by atoms with Gasteiger partial charge < -0.3 is 15.6 Å². The van der Waals surface area contributed by atoms with E-state index in [2.05, 4.69) is 0 Å². The Balaban J connectivity index is 2.46. The first-order valence-electron chi connectivity index (χ1n) is 6.89. The molecule has 1 atom stereocenters. The van der Waals surface area contributed by atoms with Gasteiger partial charge in [0.05, 0.1) is 13.5 Å². The van der Waals surface area contributed by atoms with Crippen molar-refractivity contribution in [1.29, 1.82) is 0 Å². The van der Waals surface area contributed by atoms with Crippen LogP contribution in [-0.2, 0) is 4.79 Å². The monoisotopic (exact) mass is 287 g/mol. The van der Waals surface area contributed by atoms with Gasteiger partial charge in [-0.1, -0.05) is 24.3 Å². The van der Waals surface area contributed by atoms with Crippen LogP contribution in [0.3, 0.4) is 0 Å². The number of carboxylic acid groups (broad SMARTS) is 1. The molecule has 2 rings (SSSR count). The van der Waals surface area contributed by atoms with Crippen molar-refractivity contribution in [3.63, 3.8) is 0 Å². The van der Waals surface area contributed by atoms with Crippen LogP contribution in [0.2, 0.25) is 0 Å². The second kappa shape index (κ2) is 5.74. The molecule has 21 heavy (non-hydrogen) atoms. The Bertz CT molecular complexity index is 659. The number of nitrogens with two attached hydrogens (primary N) is 1. The minimum atomic E-state index is -0.839. The van der Waals surface area contributed by atoms with Gasteiger partial charge in [-0.05, 0) is 42.3 Å². The molecule has 0 bridgehead atoms. The van der Waals surface area contributed by atoms with Crippen LogP contribution in [0.4, 0.5) is 0 Å². The summed E-state index contributed by atoms with van der Waals surface area (Å²) in [4.78, 5) is 11.1. The van der Waals surface area contributed by atoms with Crippen LogP contribution < -0.4 is 10.5 Å². The standard InChI is InChI=1S/C17H21NO3/c1-17(2,18)15(10-16(19)20)13-5-4-12-9-14(21-3)7-6-11(12)8-13/h4-9,15H,10,18H2,1-3H3,(H,19,20). The summed E-state index contributed by atoms with van der Waals surface area (Å²) in [5.41, 5.74) is 6.51. The molecule has 0 fully saturated rings. The Morgan fingerprint density at radius 3 is 2.43 bits per heavy atom. The van der Waals surface area contributed by atoms with Gasteiger partial charge in [-0.25, -0.2) is 0 Å². The molecule has 3 N–H and O–H groups in total. The van der Waals surface area contributed by atoms with Crippen LogP contribution in [0, 0.1) is 0 Å². The maximum absolute atomic E-state index is 11.1. The molecule has 0 saturated carbocycles. The maximum Gasteiger partial charge on any atom is 0.304 e. The Labute approximate surface area is 124 Å². The highest BCUT2D eigenvalue weighted by atomic mass is 16.5. The zero-order chi connectivity index (χ0) is 15.6. The average Bonchev–Trinajstić information content (AvgIpc) is 2.42. The first-order valence-corrected chi connectivity index (χ1v) is 6.89. The summed E-state index contributed by atoms with van der Waals surface area (Å²) in [7, 11) is 1.63. The van der Waals surface area contributed by atoms with Gasteiger partial charge in [-0.3, -0.25) is 4.79 Å². The molecule has 1 unspecified atom stereocenters. The van der Waals surface area contributed by atoms with Crippen molar-refractivity contribution in [2.24, 2.45) is 5.73 Å². The smallest absolute Gasteiger partial charge is 0.304 e. The van der Waals surface area contributed by atoms with Crippen LogP contribution in [0.25, 0.3) is 10.8 Å². The lowest BCUT2D eigenvalue weighted by Crippen LogP contribution is -2.40. The number of methoxy groups -OCH3 is 1.